The van der Waals surface area contributed by atoms with Gasteiger partial charge in [0.1, 0.15) is 23.8 Å². The molecule has 0 aliphatic carbocycles. The number of thiazole rings is 1. The summed E-state index contributed by atoms with van der Waals surface area (Å²) >= 11 is 1.61. The van der Waals surface area contributed by atoms with Crippen molar-refractivity contribution in [2.45, 2.75) is 19.8 Å². The number of imidazole rings is 2. The number of benzene rings is 1. The highest BCUT2D eigenvalue weighted by Gasteiger charge is 2.26. The Labute approximate surface area is 206 Å². The molecule has 5 heterocycles. The van der Waals surface area contributed by atoms with Gasteiger partial charge in [-0.05, 0) is 31.9 Å². The molecule has 0 atom stereocenters. The number of rotatable bonds is 5. The average Bonchev–Trinajstić information content (AvgIpc) is 3.61. The van der Waals surface area contributed by atoms with E-state index in [-0.39, 0.29) is 11.8 Å². The highest BCUT2D eigenvalue weighted by atomic mass is 32.1. The quantitative estimate of drug-likeness (QED) is 0.402. The second-order valence-electron chi connectivity index (χ2n) is 8.63. The number of carbonyl (C=O) groups is 1. The number of fused-ring (bicyclic) bond motifs is 1. The Hall–Kier alpha value is -4.05. The third-order valence-electron chi connectivity index (χ3n) is 6.44. The average molecular weight is 485 g/mol. The minimum absolute atomic E-state index is 0.0249. The van der Waals surface area contributed by atoms with Crippen LogP contribution in [0.5, 0.6) is 0 Å². The van der Waals surface area contributed by atoms with E-state index < -0.39 is 0 Å². The minimum Gasteiger partial charge on any atom is -0.356 e. The number of amides is 1. The Morgan fingerprint density at radius 2 is 1.86 bits per heavy atom. The molecule has 1 saturated heterocycles. The lowest BCUT2D eigenvalue weighted by molar-refractivity contribution is -0.120. The van der Waals surface area contributed by atoms with Gasteiger partial charge in [0.2, 0.25) is 5.91 Å². The van der Waals surface area contributed by atoms with Gasteiger partial charge >= 0.3 is 0 Å². The first kappa shape index (κ1) is 21.5. The fourth-order valence-electron chi connectivity index (χ4n) is 4.47. The summed E-state index contributed by atoms with van der Waals surface area (Å²) in [6.45, 7) is 3.49. The molecular formula is C25H24N8OS. The molecule has 1 aliphatic rings. The van der Waals surface area contributed by atoms with Crippen molar-refractivity contribution in [3.8, 4) is 17.1 Å². The summed E-state index contributed by atoms with van der Waals surface area (Å²) in [4.78, 5) is 33.8. The van der Waals surface area contributed by atoms with Gasteiger partial charge in [-0.3, -0.25) is 13.8 Å². The SMILES string of the molecule is Cc1nccn1-c1cc(N2CCC(C(=O)Nc3ccc(-c4cn5ccsc5n4)cc3)CC2)ncn1. The van der Waals surface area contributed by atoms with E-state index in [2.05, 4.69) is 30.2 Å². The van der Waals surface area contributed by atoms with Crippen LogP contribution in [-0.2, 0) is 4.79 Å². The Bertz CT molecular complexity index is 1450. The van der Waals surface area contributed by atoms with Crippen LogP contribution in [0.1, 0.15) is 18.7 Å². The molecule has 10 heteroatoms. The van der Waals surface area contributed by atoms with Gasteiger partial charge in [0, 0.05) is 66.5 Å². The zero-order valence-electron chi connectivity index (χ0n) is 19.2. The maximum absolute atomic E-state index is 12.9. The molecule has 1 N–H and O–H groups in total. The van der Waals surface area contributed by atoms with Crippen molar-refractivity contribution in [1.29, 1.82) is 0 Å². The first-order chi connectivity index (χ1) is 17.1. The summed E-state index contributed by atoms with van der Waals surface area (Å²) in [6, 6.07) is 9.85. The van der Waals surface area contributed by atoms with E-state index >= 15 is 0 Å². The number of hydrogen-bond acceptors (Lipinski definition) is 7. The lowest BCUT2D eigenvalue weighted by atomic mass is 9.95. The highest BCUT2D eigenvalue weighted by molar-refractivity contribution is 7.15. The summed E-state index contributed by atoms with van der Waals surface area (Å²) in [6.07, 6.45) is 10.8. The minimum atomic E-state index is -0.0249. The van der Waals surface area contributed by atoms with Crippen molar-refractivity contribution in [3.05, 3.63) is 72.7 Å². The second kappa shape index (κ2) is 8.95. The van der Waals surface area contributed by atoms with Crippen LogP contribution < -0.4 is 10.2 Å². The molecule has 1 aromatic carbocycles. The molecule has 0 unspecified atom stereocenters. The molecule has 35 heavy (non-hydrogen) atoms. The molecular weight excluding hydrogens is 460 g/mol. The van der Waals surface area contributed by atoms with Crippen molar-refractivity contribution in [2.24, 2.45) is 5.92 Å². The molecule has 0 bridgehead atoms. The molecule has 1 amide bonds. The Kier molecular flexibility index (Phi) is 5.49. The van der Waals surface area contributed by atoms with E-state index in [1.807, 2.05) is 70.2 Å². The summed E-state index contributed by atoms with van der Waals surface area (Å²) in [5.41, 5.74) is 2.76. The van der Waals surface area contributed by atoms with Crippen LogP contribution in [0, 0.1) is 12.8 Å². The number of hydrogen-bond donors (Lipinski definition) is 1. The number of aryl methyl sites for hydroxylation is 1. The van der Waals surface area contributed by atoms with Crippen LogP contribution in [0.3, 0.4) is 0 Å². The van der Waals surface area contributed by atoms with Crippen LogP contribution in [0.2, 0.25) is 0 Å². The van der Waals surface area contributed by atoms with Gasteiger partial charge in [-0.1, -0.05) is 12.1 Å². The molecule has 6 rings (SSSR count). The summed E-state index contributed by atoms with van der Waals surface area (Å²) in [5.74, 6) is 2.59. The predicted octanol–water partition coefficient (Wildman–Crippen LogP) is 4.20. The van der Waals surface area contributed by atoms with Gasteiger partial charge in [0.15, 0.2) is 4.96 Å². The standard InChI is InChI=1S/C25H24N8OS/c1-17-26-8-11-33(17)23-14-22(27-16-28-23)31-9-6-19(7-10-31)24(34)29-20-4-2-18(3-5-20)21-15-32-12-13-35-25(32)30-21/h2-5,8,11-16,19H,6-7,9-10H2,1H3,(H,29,34). The van der Waals surface area contributed by atoms with Gasteiger partial charge in [0.25, 0.3) is 0 Å². The molecule has 5 aromatic rings. The van der Waals surface area contributed by atoms with Gasteiger partial charge in [0.05, 0.1) is 5.69 Å². The highest BCUT2D eigenvalue weighted by Crippen LogP contribution is 2.26. The van der Waals surface area contributed by atoms with Crippen LogP contribution in [0.25, 0.3) is 22.0 Å². The number of carbonyl (C=O) groups excluding carboxylic acids is 1. The molecule has 176 valence electrons. The fourth-order valence-corrected chi connectivity index (χ4v) is 5.17. The van der Waals surface area contributed by atoms with Crippen molar-refractivity contribution < 1.29 is 4.79 Å². The number of nitrogens with one attached hydrogen (secondary N) is 1. The smallest absolute Gasteiger partial charge is 0.227 e. The zero-order chi connectivity index (χ0) is 23.8. The number of anilines is 2. The number of piperidine rings is 1. The second-order valence-corrected chi connectivity index (χ2v) is 9.50. The Balaban J connectivity index is 1.07. The van der Waals surface area contributed by atoms with Gasteiger partial charge in [-0.2, -0.15) is 0 Å². The van der Waals surface area contributed by atoms with Crippen molar-refractivity contribution in [2.75, 3.05) is 23.3 Å². The predicted molar refractivity (Wildman–Crippen MR) is 136 cm³/mol. The topological polar surface area (TPSA) is 93.2 Å². The van der Waals surface area contributed by atoms with E-state index in [0.29, 0.717) is 0 Å². The Morgan fingerprint density at radius 1 is 1.06 bits per heavy atom. The molecule has 4 aromatic heterocycles. The van der Waals surface area contributed by atoms with Crippen LogP contribution in [-0.4, -0.2) is 47.9 Å². The molecule has 9 nitrogen and oxygen atoms in total. The zero-order valence-corrected chi connectivity index (χ0v) is 20.0. The molecule has 0 radical (unpaired) electrons. The third kappa shape index (κ3) is 4.28. The maximum atomic E-state index is 12.9. The lowest BCUT2D eigenvalue weighted by Crippen LogP contribution is -2.38. The fraction of sp³-hybridized carbons (Fsp3) is 0.240. The van der Waals surface area contributed by atoms with Crippen molar-refractivity contribution in [1.82, 2.24) is 28.9 Å². The third-order valence-corrected chi connectivity index (χ3v) is 7.21. The number of nitrogens with zero attached hydrogens (tertiary/aromatic N) is 7. The molecule has 0 saturated carbocycles. The molecule has 1 aliphatic heterocycles. The molecule has 0 spiro atoms. The normalized spacial score (nSPS) is 14.5. The van der Waals surface area contributed by atoms with Crippen molar-refractivity contribution >= 4 is 33.7 Å². The van der Waals surface area contributed by atoms with Gasteiger partial charge in [-0.25, -0.2) is 19.9 Å². The number of aromatic nitrogens is 6. The largest absolute Gasteiger partial charge is 0.356 e. The van der Waals surface area contributed by atoms with Gasteiger partial charge < -0.3 is 10.2 Å². The summed E-state index contributed by atoms with van der Waals surface area (Å²) < 4.78 is 3.95. The summed E-state index contributed by atoms with van der Waals surface area (Å²) in [5, 5.41) is 5.10. The monoisotopic (exact) mass is 484 g/mol. The van der Waals surface area contributed by atoms with E-state index in [4.69, 9.17) is 0 Å². The van der Waals surface area contributed by atoms with Crippen LogP contribution in [0.15, 0.2) is 66.8 Å². The van der Waals surface area contributed by atoms with E-state index in [0.717, 1.165) is 65.3 Å². The van der Waals surface area contributed by atoms with Gasteiger partial charge in [-0.15, -0.1) is 11.3 Å². The van der Waals surface area contributed by atoms with Crippen LogP contribution >= 0.6 is 11.3 Å². The summed E-state index contributed by atoms with van der Waals surface area (Å²) in [7, 11) is 0. The van der Waals surface area contributed by atoms with E-state index in [9.17, 15) is 4.79 Å². The van der Waals surface area contributed by atoms with Crippen LogP contribution in [0.4, 0.5) is 11.5 Å². The molecule has 1 fully saturated rings. The van der Waals surface area contributed by atoms with E-state index in [1.54, 1.807) is 23.9 Å². The van der Waals surface area contributed by atoms with E-state index in [1.165, 1.54) is 0 Å². The van der Waals surface area contributed by atoms with Crippen molar-refractivity contribution in [3.63, 3.8) is 0 Å². The first-order valence-corrected chi connectivity index (χ1v) is 12.4. The first-order valence-electron chi connectivity index (χ1n) is 11.5. The maximum Gasteiger partial charge on any atom is 0.227 e. The lowest BCUT2D eigenvalue weighted by Gasteiger charge is -2.32. The Morgan fingerprint density at radius 3 is 2.60 bits per heavy atom.